The lowest BCUT2D eigenvalue weighted by atomic mass is 10.1. The van der Waals surface area contributed by atoms with Gasteiger partial charge in [0.2, 0.25) is 10.0 Å². The van der Waals surface area contributed by atoms with E-state index >= 15 is 0 Å². The molecule has 1 heterocycles. The highest BCUT2D eigenvalue weighted by molar-refractivity contribution is 7.89. The number of nitrogens with zero attached hydrogens (tertiary/aromatic N) is 2. The Hall–Kier alpha value is -2.77. The van der Waals surface area contributed by atoms with Gasteiger partial charge < -0.3 is 20.5 Å². The van der Waals surface area contributed by atoms with Crippen LogP contribution >= 0.6 is 11.6 Å². The zero-order chi connectivity index (χ0) is 24.0. The van der Waals surface area contributed by atoms with Crippen LogP contribution in [0.5, 0.6) is 0 Å². The van der Waals surface area contributed by atoms with Gasteiger partial charge in [-0.2, -0.15) is 5.10 Å². The lowest BCUT2D eigenvalue weighted by Crippen LogP contribution is -2.32. The van der Waals surface area contributed by atoms with Crippen LogP contribution < -0.4 is 15.4 Å². The van der Waals surface area contributed by atoms with E-state index in [0.717, 1.165) is 6.07 Å². The van der Waals surface area contributed by atoms with Gasteiger partial charge in [-0.25, -0.2) is 17.5 Å². The fourth-order valence-electron chi connectivity index (χ4n) is 3.01. The summed E-state index contributed by atoms with van der Waals surface area (Å²) in [5.74, 6) is -1.42. The number of benzene rings is 2. The van der Waals surface area contributed by atoms with Crippen LogP contribution in [0.2, 0.25) is 5.02 Å². The van der Waals surface area contributed by atoms with Crippen molar-refractivity contribution in [2.45, 2.75) is 0 Å². The minimum absolute atomic E-state index is 0.0844. The first-order valence-electron chi connectivity index (χ1n) is 9.83. The molecule has 1 amide bonds. The molecule has 0 aliphatic heterocycles. The van der Waals surface area contributed by atoms with Crippen molar-refractivity contribution in [3.05, 3.63) is 52.9 Å². The summed E-state index contributed by atoms with van der Waals surface area (Å²) >= 11 is 5.76. The molecule has 1 aromatic heterocycles. The number of sulfonamides is 1. The van der Waals surface area contributed by atoms with Gasteiger partial charge in [-0.3, -0.25) is 9.48 Å². The van der Waals surface area contributed by atoms with Crippen molar-refractivity contribution in [2.75, 3.05) is 42.9 Å². The van der Waals surface area contributed by atoms with Gasteiger partial charge >= 0.3 is 0 Å². The predicted octanol–water partition coefficient (Wildman–Crippen LogP) is 1.92. The third kappa shape index (κ3) is 6.62. The molecule has 178 valence electrons. The lowest BCUT2D eigenvalue weighted by Gasteiger charge is -2.09. The molecule has 0 unspecified atom stereocenters. The molecule has 4 N–H and O–H groups in total. The number of nitrogens with one attached hydrogen (secondary N) is 3. The van der Waals surface area contributed by atoms with Gasteiger partial charge in [0.25, 0.3) is 5.91 Å². The zero-order valence-electron chi connectivity index (χ0n) is 17.6. The summed E-state index contributed by atoms with van der Waals surface area (Å²) in [5.41, 5.74) is 1.58. The Balaban J connectivity index is 1.67. The Labute approximate surface area is 194 Å². The van der Waals surface area contributed by atoms with Gasteiger partial charge in [-0.15, -0.1) is 0 Å². The first-order chi connectivity index (χ1) is 15.7. The number of hydrogen-bond donors (Lipinski definition) is 4. The highest BCUT2D eigenvalue weighted by atomic mass is 35.5. The van der Waals surface area contributed by atoms with Crippen LogP contribution in [0, 0.1) is 5.82 Å². The van der Waals surface area contributed by atoms with Crippen molar-refractivity contribution in [1.82, 2.24) is 14.5 Å². The smallest absolute Gasteiger partial charge is 0.274 e. The largest absolute Gasteiger partial charge is 0.394 e. The van der Waals surface area contributed by atoms with Crippen molar-refractivity contribution in [3.8, 4) is 0 Å². The molecule has 0 saturated carbocycles. The van der Waals surface area contributed by atoms with E-state index in [0.29, 0.717) is 22.3 Å². The number of ether oxygens (including phenoxy) is 1. The second kappa shape index (κ2) is 10.9. The number of aliphatic hydroxyl groups is 1. The minimum Gasteiger partial charge on any atom is -0.394 e. The molecule has 3 aromatic rings. The van der Waals surface area contributed by atoms with Crippen LogP contribution in [0.25, 0.3) is 10.9 Å². The number of aryl methyl sites for hydroxylation is 1. The Morgan fingerprint density at radius 1 is 1.21 bits per heavy atom. The Morgan fingerprint density at radius 2 is 1.97 bits per heavy atom. The topological polar surface area (TPSA) is 135 Å². The van der Waals surface area contributed by atoms with Crippen LogP contribution in [0.1, 0.15) is 10.5 Å². The van der Waals surface area contributed by atoms with E-state index in [4.69, 9.17) is 21.4 Å². The minimum atomic E-state index is -3.61. The van der Waals surface area contributed by atoms with Gasteiger partial charge in [-0.1, -0.05) is 11.6 Å². The molecule has 0 saturated heterocycles. The number of aliphatic hydroxyl groups excluding tert-OH is 1. The van der Waals surface area contributed by atoms with Crippen molar-refractivity contribution in [3.63, 3.8) is 0 Å². The summed E-state index contributed by atoms with van der Waals surface area (Å²) in [6.07, 6.45) is 0. The second-order valence-electron chi connectivity index (χ2n) is 6.95. The van der Waals surface area contributed by atoms with Crippen LogP contribution in [-0.2, 0) is 21.8 Å². The standard InChI is InChI=1S/C20H23ClFN5O5S/c1-27-19(20(29)25-14-3-5-17(22)16(21)10-14)15-4-2-13(11-18(15)26-27)23-12-33(30,31)24-6-8-32-9-7-28/h2-5,10-11,23-24,28H,6-9,12H2,1H3,(H,25,29). The van der Waals surface area contributed by atoms with Crippen LogP contribution in [-0.4, -0.2) is 61.5 Å². The summed E-state index contributed by atoms with van der Waals surface area (Å²) in [4.78, 5) is 12.8. The van der Waals surface area contributed by atoms with E-state index in [2.05, 4.69) is 20.5 Å². The SMILES string of the molecule is Cn1nc2cc(NCS(=O)(=O)NCCOCCO)ccc2c1C(=O)Nc1ccc(F)c(Cl)c1. The molecule has 10 nitrogen and oxygen atoms in total. The summed E-state index contributed by atoms with van der Waals surface area (Å²) in [6, 6.07) is 8.77. The van der Waals surface area contributed by atoms with Crippen LogP contribution in [0.4, 0.5) is 15.8 Å². The number of halogens is 2. The molecular weight excluding hydrogens is 477 g/mol. The van der Waals surface area contributed by atoms with E-state index < -0.39 is 21.7 Å². The molecule has 0 bridgehead atoms. The van der Waals surface area contributed by atoms with Gasteiger partial charge in [0.15, 0.2) is 0 Å². The third-order valence-electron chi connectivity index (χ3n) is 4.50. The quantitative estimate of drug-likeness (QED) is 0.296. The Morgan fingerprint density at radius 3 is 2.70 bits per heavy atom. The van der Waals surface area contributed by atoms with Crippen molar-refractivity contribution >= 4 is 49.8 Å². The maximum atomic E-state index is 13.3. The molecule has 3 rings (SSSR count). The second-order valence-corrected chi connectivity index (χ2v) is 9.17. The number of carbonyl (C=O) groups excluding carboxylic acids is 1. The number of rotatable bonds is 11. The van der Waals surface area contributed by atoms with Crippen LogP contribution in [0.15, 0.2) is 36.4 Å². The van der Waals surface area contributed by atoms with Crippen molar-refractivity contribution in [1.29, 1.82) is 0 Å². The molecule has 0 fully saturated rings. The number of fused-ring (bicyclic) bond motifs is 1. The van der Waals surface area contributed by atoms with Gasteiger partial charge in [-0.05, 0) is 36.4 Å². The average molecular weight is 500 g/mol. The highest BCUT2D eigenvalue weighted by Crippen LogP contribution is 2.24. The molecule has 0 atom stereocenters. The van der Waals surface area contributed by atoms with Crippen LogP contribution in [0.3, 0.4) is 0 Å². The molecule has 2 aromatic carbocycles. The fraction of sp³-hybridized carbons (Fsp3) is 0.300. The van der Waals surface area contributed by atoms with Crippen molar-refractivity contribution in [2.24, 2.45) is 7.05 Å². The van der Waals surface area contributed by atoms with E-state index in [1.54, 1.807) is 25.2 Å². The number of aromatic nitrogens is 2. The molecule has 33 heavy (non-hydrogen) atoms. The summed E-state index contributed by atoms with van der Waals surface area (Å²) in [7, 11) is -2.00. The lowest BCUT2D eigenvalue weighted by molar-refractivity contribution is 0.0961. The maximum absolute atomic E-state index is 13.3. The number of amides is 1. The monoisotopic (exact) mass is 499 g/mol. The predicted molar refractivity (Wildman–Crippen MR) is 123 cm³/mol. The Bertz CT molecular complexity index is 1250. The van der Waals surface area contributed by atoms with E-state index in [1.165, 1.54) is 16.8 Å². The van der Waals surface area contributed by atoms with Gasteiger partial charge in [0.1, 0.15) is 17.4 Å². The summed E-state index contributed by atoms with van der Waals surface area (Å²) in [5, 5.41) is 18.9. The molecular formula is C20H23ClFN5O5S. The Kier molecular flexibility index (Phi) is 8.21. The fourth-order valence-corrected chi connectivity index (χ4v) is 4.04. The van der Waals surface area contributed by atoms with E-state index in [-0.39, 0.29) is 43.0 Å². The third-order valence-corrected chi connectivity index (χ3v) is 5.96. The normalized spacial score (nSPS) is 11.6. The first kappa shape index (κ1) is 24.9. The summed E-state index contributed by atoms with van der Waals surface area (Å²) in [6.45, 7) is 0.242. The van der Waals surface area contributed by atoms with Crippen molar-refractivity contribution < 1.29 is 27.4 Å². The van der Waals surface area contributed by atoms with E-state index in [9.17, 15) is 17.6 Å². The molecule has 0 spiro atoms. The van der Waals surface area contributed by atoms with Gasteiger partial charge in [0, 0.05) is 30.4 Å². The summed E-state index contributed by atoms with van der Waals surface area (Å²) < 4.78 is 46.3. The highest BCUT2D eigenvalue weighted by Gasteiger charge is 2.18. The number of carbonyl (C=O) groups is 1. The first-order valence-corrected chi connectivity index (χ1v) is 11.9. The zero-order valence-corrected chi connectivity index (χ0v) is 19.2. The number of anilines is 2. The van der Waals surface area contributed by atoms with E-state index in [1.807, 2.05) is 0 Å². The average Bonchev–Trinajstić information content (AvgIpc) is 3.09. The number of hydrogen-bond acceptors (Lipinski definition) is 7. The maximum Gasteiger partial charge on any atom is 0.274 e. The molecule has 0 aliphatic rings. The molecule has 0 aliphatic carbocycles. The van der Waals surface area contributed by atoms with Gasteiger partial charge in [0.05, 0.1) is 30.4 Å². The molecule has 13 heteroatoms. The molecule has 0 radical (unpaired) electrons.